The first-order valence-corrected chi connectivity index (χ1v) is 17.0. The van der Waals surface area contributed by atoms with Crippen LogP contribution in [0.2, 0.25) is 10.0 Å². The minimum atomic E-state index is -1.62. The van der Waals surface area contributed by atoms with E-state index in [4.69, 9.17) is 30.9 Å². The molecule has 0 aliphatic heterocycles. The van der Waals surface area contributed by atoms with E-state index in [1.165, 1.54) is 6.07 Å². The van der Waals surface area contributed by atoms with E-state index in [0.29, 0.717) is 27.6 Å². The van der Waals surface area contributed by atoms with Gasteiger partial charge in [-0.2, -0.15) is 0 Å². The quantitative estimate of drug-likeness (QED) is 0.0935. The summed E-state index contributed by atoms with van der Waals surface area (Å²) in [6, 6.07) is 28.1. The average molecular weight is 846 g/mol. The standard InChI is InChI=1S/C17H9BrClNO2.C17H11BrClNO.O2Se/c18-13-7-12-6-11(4-5-15(12)20-9-13)17(22)16(21)10-2-1-3-14(19)8-10;18-14-8-13-6-11(4-5-16(13)20-10-14)7-17(21)12-2-1-3-15(19)9-12;1-3-2/h1-9H;1-6,8-10H,7H2;. The van der Waals surface area contributed by atoms with Crippen molar-refractivity contribution in [2.45, 2.75) is 6.42 Å². The van der Waals surface area contributed by atoms with Crippen LogP contribution in [0.25, 0.3) is 21.8 Å². The average Bonchev–Trinajstić information content (AvgIpc) is 3.04. The third-order valence-electron chi connectivity index (χ3n) is 6.43. The van der Waals surface area contributed by atoms with Crippen LogP contribution in [-0.2, 0) is 14.1 Å². The summed E-state index contributed by atoms with van der Waals surface area (Å²) in [4.78, 5) is 45.5. The topological polar surface area (TPSA) is 111 Å². The Morgan fingerprint density at radius 2 is 1.09 bits per heavy atom. The molecule has 2 heterocycles. The maximum absolute atomic E-state index is 12.4. The van der Waals surface area contributed by atoms with Gasteiger partial charge in [0.15, 0.2) is 5.78 Å². The van der Waals surface area contributed by atoms with Crippen molar-refractivity contribution in [3.63, 3.8) is 0 Å². The number of ketones is 3. The zero-order valence-electron chi connectivity index (χ0n) is 23.5. The number of rotatable bonds is 6. The summed E-state index contributed by atoms with van der Waals surface area (Å²) in [6.07, 6.45) is 3.79. The van der Waals surface area contributed by atoms with E-state index in [-0.39, 0.29) is 11.3 Å². The van der Waals surface area contributed by atoms with Crippen molar-refractivity contribution in [3.8, 4) is 0 Å². The molecular formula is C34H20Br2Cl2N2O5Se. The van der Waals surface area contributed by atoms with Crippen molar-refractivity contribution in [1.82, 2.24) is 9.97 Å². The molecule has 0 unspecified atom stereocenters. The molecule has 6 rings (SSSR count). The number of Topliss-reactive ketones (excluding diaryl/α,β-unsaturated/α-hetero) is 3. The van der Waals surface area contributed by atoms with Gasteiger partial charge in [0, 0.05) is 65.3 Å². The summed E-state index contributed by atoms with van der Waals surface area (Å²) in [5, 5.41) is 2.80. The maximum atomic E-state index is 12.4. The van der Waals surface area contributed by atoms with Crippen LogP contribution in [0.1, 0.15) is 36.6 Å². The molecule has 0 fully saturated rings. The predicted molar refractivity (Wildman–Crippen MR) is 186 cm³/mol. The number of nitrogens with zero attached hydrogens (tertiary/aromatic N) is 2. The number of benzene rings is 4. The van der Waals surface area contributed by atoms with Crippen LogP contribution in [-0.4, -0.2) is 42.1 Å². The third kappa shape index (κ3) is 9.69. The first-order valence-electron chi connectivity index (χ1n) is 13.2. The molecule has 0 spiro atoms. The van der Waals surface area contributed by atoms with Gasteiger partial charge in [0.2, 0.25) is 11.6 Å². The molecule has 4 aromatic carbocycles. The molecule has 7 nitrogen and oxygen atoms in total. The monoisotopic (exact) mass is 844 g/mol. The molecule has 46 heavy (non-hydrogen) atoms. The summed E-state index contributed by atoms with van der Waals surface area (Å²) >= 11 is 16.9. The number of fused-ring (bicyclic) bond motifs is 2. The van der Waals surface area contributed by atoms with Crippen LogP contribution in [0.3, 0.4) is 0 Å². The van der Waals surface area contributed by atoms with E-state index < -0.39 is 26.4 Å². The van der Waals surface area contributed by atoms with Gasteiger partial charge in [0.1, 0.15) is 0 Å². The Kier molecular flexibility index (Phi) is 12.9. The molecule has 0 saturated carbocycles. The Balaban J connectivity index is 0.000000193. The molecule has 0 bridgehead atoms. The van der Waals surface area contributed by atoms with Gasteiger partial charge in [-0.25, -0.2) is 0 Å². The molecular weight excluding hydrogens is 826 g/mol. The number of hydrogen-bond donors (Lipinski definition) is 0. The molecule has 0 N–H and O–H groups in total. The van der Waals surface area contributed by atoms with Crippen LogP contribution in [0, 0.1) is 0 Å². The van der Waals surface area contributed by atoms with E-state index >= 15 is 0 Å². The normalized spacial score (nSPS) is 10.3. The van der Waals surface area contributed by atoms with Crippen LogP contribution in [0.15, 0.2) is 118 Å². The second-order valence-corrected chi connectivity index (χ2v) is 12.6. The number of halogens is 4. The predicted octanol–water partition coefficient (Wildman–Crippen LogP) is 9.17. The van der Waals surface area contributed by atoms with Crippen molar-refractivity contribution < 1.29 is 22.1 Å². The molecule has 6 aromatic rings. The zero-order chi connectivity index (χ0) is 33.2. The molecule has 230 valence electrons. The molecule has 0 amide bonds. The van der Waals surface area contributed by atoms with Gasteiger partial charge >= 0.3 is 22.5 Å². The first-order chi connectivity index (χ1) is 22.1. The molecule has 0 radical (unpaired) electrons. The molecule has 12 heteroatoms. The summed E-state index contributed by atoms with van der Waals surface area (Å²) in [5.74, 6) is -1.09. The summed E-state index contributed by atoms with van der Waals surface area (Å²) in [7, 11) is 0. The second kappa shape index (κ2) is 16.8. The summed E-state index contributed by atoms with van der Waals surface area (Å²) in [5.41, 5.74) is 3.89. The minimum absolute atomic E-state index is 0.0554. The van der Waals surface area contributed by atoms with Gasteiger partial charge < -0.3 is 0 Å². The number of hydrogen-bond acceptors (Lipinski definition) is 7. The number of pyridine rings is 2. The van der Waals surface area contributed by atoms with Gasteiger partial charge in [0.25, 0.3) is 0 Å². The first kappa shape index (κ1) is 35.2. The molecule has 0 aliphatic rings. The van der Waals surface area contributed by atoms with Crippen molar-refractivity contribution in [3.05, 3.63) is 151 Å². The Labute approximate surface area is 296 Å². The van der Waals surface area contributed by atoms with Crippen molar-refractivity contribution in [1.29, 1.82) is 0 Å². The van der Waals surface area contributed by atoms with Gasteiger partial charge in [-0.1, -0.05) is 53.5 Å². The fraction of sp³-hybridized carbons (Fsp3) is 0.0294. The number of carbonyl (C=O) groups excluding carboxylic acids is 3. The summed E-state index contributed by atoms with van der Waals surface area (Å²) in [6.45, 7) is 0. The van der Waals surface area contributed by atoms with Crippen LogP contribution >= 0.6 is 55.1 Å². The Hall–Kier alpha value is -3.63. The van der Waals surface area contributed by atoms with Gasteiger partial charge in [-0.05, 0) is 104 Å². The fourth-order valence-corrected chi connectivity index (χ4v) is 5.43. The van der Waals surface area contributed by atoms with Crippen molar-refractivity contribution >= 4 is 109 Å². The second-order valence-electron chi connectivity index (χ2n) is 9.59. The summed E-state index contributed by atoms with van der Waals surface area (Å²) < 4.78 is 18.6. The Bertz CT molecular complexity index is 2140. The van der Waals surface area contributed by atoms with E-state index in [9.17, 15) is 14.4 Å². The van der Waals surface area contributed by atoms with Gasteiger partial charge in [-0.3, -0.25) is 24.4 Å². The molecule has 0 atom stereocenters. The SMILES string of the molecule is O=C(C(=O)c1ccc2ncc(Br)cc2c1)c1cccc(Cl)c1.O=C(Cc1ccc2ncc(Br)cc2c1)c1cccc(Cl)c1.O=[Se]=O. The molecule has 0 aliphatic carbocycles. The molecule has 0 saturated heterocycles. The third-order valence-corrected chi connectivity index (χ3v) is 7.76. The van der Waals surface area contributed by atoms with E-state index in [1.807, 2.05) is 30.3 Å². The van der Waals surface area contributed by atoms with E-state index in [2.05, 4.69) is 41.8 Å². The van der Waals surface area contributed by atoms with E-state index in [1.54, 1.807) is 73.1 Å². The van der Waals surface area contributed by atoms with Crippen molar-refractivity contribution in [2.75, 3.05) is 0 Å². The van der Waals surface area contributed by atoms with Crippen molar-refractivity contribution in [2.24, 2.45) is 0 Å². The molecule has 2 aromatic heterocycles. The van der Waals surface area contributed by atoms with Crippen LogP contribution in [0.5, 0.6) is 0 Å². The zero-order valence-corrected chi connectivity index (χ0v) is 29.9. The van der Waals surface area contributed by atoms with Crippen LogP contribution < -0.4 is 0 Å². The number of aromatic nitrogens is 2. The Morgan fingerprint density at radius 1 is 0.609 bits per heavy atom. The Morgan fingerprint density at radius 3 is 1.65 bits per heavy atom. The van der Waals surface area contributed by atoms with Gasteiger partial charge in [-0.15, -0.1) is 0 Å². The van der Waals surface area contributed by atoms with Gasteiger partial charge in [0.05, 0.1) is 11.0 Å². The fourth-order valence-electron chi connectivity index (χ4n) is 4.35. The van der Waals surface area contributed by atoms with E-state index in [0.717, 1.165) is 36.3 Å². The number of carbonyl (C=O) groups is 3. The van der Waals surface area contributed by atoms with Crippen LogP contribution in [0.4, 0.5) is 0 Å².